The van der Waals surface area contributed by atoms with Gasteiger partial charge in [-0.3, -0.25) is 14.4 Å². The monoisotopic (exact) mass is 766 g/mol. The zero-order valence-electron chi connectivity index (χ0n) is 30.5. The Morgan fingerprint density at radius 3 is 1.68 bits per heavy atom. The van der Waals surface area contributed by atoms with Crippen molar-refractivity contribution in [3.8, 4) is 34.3 Å². The van der Waals surface area contributed by atoms with Crippen molar-refractivity contribution in [3.05, 3.63) is 115 Å². The summed E-state index contributed by atoms with van der Waals surface area (Å²) in [5.74, 6) is -1.96. The fourth-order valence-electron chi connectivity index (χ4n) is 8.12. The Hall–Kier alpha value is -6.65. The molecule has 0 unspecified atom stereocenters. The van der Waals surface area contributed by atoms with Crippen molar-refractivity contribution in [2.45, 2.75) is 64.2 Å². The summed E-state index contributed by atoms with van der Waals surface area (Å²) in [6, 6.07) is 16.9. The van der Waals surface area contributed by atoms with Crippen molar-refractivity contribution in [2.24, 2.45) is 0 Å². The first kappa shape index (κ1) is 36.0. The zero-order valence-corrected chi connectivity index (χ0v) is 30.5. The van der Waals surface area contributed by atoms with E-state index in [2.05, 4.69) is 9.97 Å². The first-order valence-corrected chi connectivity index (χ1v) is 18.1. The third kappa shape index (κ3) is 5.39. The van der Waals surface area contributed by atoms with Crippen LogP contribution in [0.25, 0.3) is 44.6 Å². The minimum absolute atomic E-state index is 0.0857. The predicted molar refractivity (Wildman–Crippen MR) is 202 cm³/mol. The summed E-state index contributed by atoms with van der Waals surface area (Å²) < 4.78 is 18.2. The normalized spacial score (nSPS) is 19.6. The third-order valence-electron chi connectivity index (χ3n) is 11.2. The lowest BCUT2D eigenvalue weighted by Crippen LogP contribution is -2.44. The predicted octanol–water partition coefficient (Wildman–Crippen LogP) is 3.53. The second-order valence-electron chi connectivity index (χ2n) is 14.4. The van der Waals surface area contributed by atoms with Gasteiger partial charge in [-0.05, 0) is 73.5 Å². The number of carbonyl (C=O) groups is 3. The van der Waals surface area contributed by atoms with E-state index in [1.807, 2.05) is 12.1 Å². The molecule has 57 heavy (non-hydrogen) atoms. The number of benzene rings is 2. The van der Waals surface area contributed by atoms with Gasteiger partial charge < -0.3 is 38.7 Å². The molecule has 4 aliphatic heterocycles. The number of aromatic nitrogens is 4. The van der Waals surface area contributed by atoms with Crippen LogP contribution in [0.5, 0.6) is 11.5 Å². The summed E-state index contributed by atoms with van der Waals surface area (Å²) in [6.45, 7) is 3.65. The molecule has 6 aromatic rings. The Labute approximate surface area is 323 Å². The standard InChI is InChI=1S/C21H15BN2O6.C20H16N2O5/c1-2-21(28)14-7-16-17-11(8-24(16)18(25)13(14)9-29-19(21)26)5-10-6-12(30-20(22)27)3-4-15(10)23-17;1-2-20(26)14-7-16-17-11(5-10-6-12(23)3-4-15(10)21-17)8-22(16)18(24)13(14)9-27-19(20)25/h3-7,28H,2,8-9H2,1H3;3-7,23,26H,2,8-9H2,1H3/t21-;20-/m00/s1. The second-order valence-corrected chi connectivity index (χ2v) is 14.4. The summed E-state index contributed by atoms with van der Waals surface area (Å²) in [4.78, 5) is 70.8. The molecule has 0 spiro atoms. The highest BCUT2D eigenvalue weighted by Crippen LogP contribution is 2.40. The number of cyclic esters (lactones) is 2. The van der Waals surface area contributed by atoms with E-state index in [4.69, 9.17) is 22.1 Å². The van der Waals surface area contributed by atoms with E-state index in [0.29, 0.717) is 63.8 Å². The minimum atomic E-state index is -1.86. The Morgan fingerprint density at radius 1 is 0.737 bits per heavy atom. The maximum Gasteiger partial charge on any atom is 0.343 e. The van der Waals surface area contributed by atoms with E-state index in [-0.39, 0.29) is 54.1 Å². The van der Waals surface area contributed by atoms with Crippen LogP contribution < -0.4 is 15.9 Å². The lowest BCUT2D eigenvalue weighted by atomic mass is 9.86. The van der Waals surface area contributed by atoms with Crippen LogP contribution in [0.1, 0.15) is 60.1 Å². The average Bonchev–Trinajstić information content (AvgIpc) is 3.74. The number of rotatable bonds is 3. The Bertz CT molecular complexity index is 2940. The van der Waals surface area contributed by atoms with Crippen LogP contribution >= 0.6 is 0 Å². The largest absolute Gasteiger partial charge is 0.508 e. The molecule has 16 heteroatoms. The molecule has 3 N–H and O–H groups in total. The van der Waals surface area contributed by atoms with Gasteiger partial charge in [0.25, 0.3) is 11.1 Å². The van der Waals surface area contributed by atoms with Gasteiger partial charge in [0.15, 0.2) is 11.2 Å². The molecule has 0 amide bonds. The van der Waals surface area contributed by atoms with Crippen LogP contribution in [0.3, 0.4) is 0 Å². The Morgan fingerprint density at radius 2 is 1.21 bits per heavy atom. The number of ether oxygens (including phenoxy) is 3. The van der Waals surface area contributed by atoms with E-state index < -0.39 is 29.0 Å². The lowest BCUT2D eigenvalue weighted by Gasteiger charge is -2.31. The number of hydrogen-bond donors (Lipinski definition) is 3. The number of phenols is 1. The number of hydrogen-bond acceptors (Lipinski definition) is 13. The molecular weight excluding hydrogens is 735 g/mol. The van der Waals surface area contributed by atoms with Gasteiger partial charge in [0.05, 0.1) is 58.0 Å². The number of esters is 2. The SMILES string of the molecule is CC[C@@]1(O)C(=O)OCc2c1cc1n(c2=O)Cc2cc3cc(O)ccc3nc2-1.[B]C(=O)Oc1ccc2nc3c(cc2c1)Cn1c-3cc2c(c1=O)COC(=O)[C@]2(O)CC. The highest BCUT2D eigenvalue weighted by Gasteiger charge is 2.46. The Balaban J connectivity index is 0.000000149. The molecule has 284 valence electrons. The van der Waals surface area contributed by atoms with Crippen molar-refractivity contribution < 1.29 is 43.9 Å². The molecule has 0 bridgehead atoms. The maximum atomic E-state index is 13.1. The molecule has 15 nitrogen and oxygen atoms in total. The molecule has 8 heterocycles. The van der Waals surface area contributed by atoms with E-state index in [0.717, 1.165) is 21.9 Å². The van der Waals surface area contributed by atoms with Crippen LogP contribution in [-0.2, 0) is 56.6 Å². The van der Waals surface area contributed by atoms with Gasteiger partial charge in [0, 0.05) is 33.0 Å². The number of nitrogens with zero attached hydrogens (tertiary/aromatic N) is 4. The van der Waals surface area contributed by atoms with E-state index >= 15 is 0 Å². The summed E-state index contributed by atoms with van der Waals surface area (Å²) in [6.07, 6.45) is 0.196. The number of aliphatic hydroxyl groups is 2. The first-order valence-electron chi connectivity index (χ1n) is 18.1. The second kappa shape index (κ2) is 12.7. The fourth-order valence-corrected chi connectivity index (χ4v) is 8.12. The summed E-state index contributed by atoms with van der Waals surface area (Å²) >= 11 is 0. The highest BCUT2D eigenvalue weighted by atomic mass is 16.6. The van der Waals surface area contributed by atoms with Gasteiger partial charge in [-0.25, -0.2) is 19.6 Å². The first-order chi connectivity index (χ1) is 27.2. The molecule has 0 saturated carbocycles. The van der Waals surface area contributed by atoms with Crippen LogP contribution in [-0.4, -0.2) is 60.1 Å². The molecule has 10 rings (SSSR count). The zero-order chi connectivity index (χ0) is 40.1. The molecule has 0 saturated heterocycles. The molecular formula is C41H31BN4O11. The topological polar surface area (TPSA) is 209 Å². The van der Waals surface area contributed by atoms with Gasteiger partial charge in [0.1, 0.15) is 24.7 Å². The van der Waals surface area contributed by atoms with Crippen molar-refractivity contribution in [2.75, 3.05) is 0 Å². The number of pyridine rings is 4. The molecule has 2 aromatic carbocycles. The van der Waals surface area contributed by atoms with E-state index in [9.17, 15) is 39.3 Å². The average molecular weight is 767 g/mol. The van der Waals surface area contributed by atoms with E-state index in [1.54, 1.807) is 71.5 Å². The van der Waals surface area contributed by atoms with Gasteiger partial charge in [0.2, 0.25) is 13.7 Å². The van der Waals surface area contributed by atoms with Gasteiger partial charge in [-0.2, -0.15) is 0 Å². The van der Waals surface area contributed by atoms with Crippen LogP contribution in [0.2, 0.25) is 0 Å². The lowest BCUT2D eigenvalue weighted by molar-refractivity contribution is -0.172. The van der Waals surface area contributed by atoms with Gasteiger partial charge >= 0.3 is 11.9 Å². The van der Waals surface area contributed by atoms with Crippen molar-refractivity contribution in [1.29, 1.82) is 0 Å². The summed E-state index contributed by atoms with van der Waals surface area (Å²) in [5.41, 5.74) is 2.19. The number of aromatic hydroxyl groups is 1. The summed E-state index contributed by atoms with van der Waals surface area (Å²) in [5, 5.41) is 32.9. The summed E-state index contributed by atoms with van der Waals surface area (Å²) in [7, 11) is 5.07. The van der Waals surface area contributed by atoms with Crippen LogP contribution in [0, 0.1) is 0 Å². The quantitative estimate of drug-likeness (QED) is 0.174. The van der Waals surface area contributed by atoms with Crippen LogP contribution in [0.15, 0.2) is 70.3 Å². The fraction of sp³-hybridized carbons (Fsp3) is 0.244. The number of carbonyl (C=O) groups excluding carboxylic acids is 3. The molecule has 0 aliphatic carbocycles. The smallest absolute Gasteiger partial charge is 0.343 e. The molecule has 4 aromatic heterocycles. The van der Waals surface area contributed by atoms with Gasteiger partial charge in [-0.1, -0.05) is 13.8 Å². The third-order valence-corrected chi connectivity index (χ3v) is 11.2. The molecule has 0 fully saturated rings. The number of phenolic OH excluding ortho intramolecular Hbond substituents is 1. The van der Waals surface area contributed by atoms with Crippen molar-refractivity contribution in [3.63, 3.8) is 0 Å². The van der Waals surface area contributed by atoms with Crippen molar-refractivity contribution in [1.82, 2.24) is 19.1 Å². The van der Waals surface area contributed by atoms with Crippen LogP contribution in [0.4, 0.5) is 4.79 Å². The molecule has 2 atom stereocenters. The van der Waals surface area contributed by atoms with E-state index in [1.165, 1.54) is 0 Å². The molecule has 2 radical (unpaired) electrons. The van der Waals surface area contributed by atoms with Crippen molar-refractivity contribution >= 4 is 47.5 Å². The van der Waals surface area contributed by atoms with Gasteiger partial charge in [-0.15, -0.1) is 0 Å². The minimum Gasteiger partial charge on any atom is -0.508 e. The Kier molecular flexibility index (Phi) is 8.02. The molecule has 4 aliphatic rings. The highest BCUT2D eigenvalue weighted by molar-refractivity contribution is 6.55. The maximum absolute atomic E-state index is 13.1. The number of fused-ring (bicyclic) bond motifs is 10.